The van der Waals surface area contributed by atoms with Crippen molar-refractivity contribution in [2.24, 2.45) is 5.92 Å². The van der Waals surface area contributed by atoms with Crippen LogP contribution in [-0.4, -0.2) is 41.6 Å². The number of carbonyl (C=O) groups excluding carboxylic acids is 1. The Hall–Kier alpha value is -1.56. The van der Waals surface area contributed by atoms with Crippen molar-refractivity contribution in [3.8, 4) is 0 Å². The molecular formula is C13H18N2O3S. The van der Waals surface area contributed by atoms with Crippen molar-refractivity contribution < 1.29 is 14.7 Å². The molecule has 1 aliphatic rings. The van der Waals surface area contributed by atoms with Crippen LogP contribution in [0.15, 0.2) is 16.8 Å². The number of nitrogens with one attached hydrogen (secondary N) is 1. The van der Waals surface area contributed by atoms with E-state index in [1.54, 1.807) is 16.2 Å². The van der Waals surface area contributed by atoms with Gasteiger partial charge in [-0.15, -0.1) is 0 Å². The van der Waals surface area contributed by atoms with Crippen molar-refractivity contribution in [1.29, 1.82) is 0 Å². The lowest BCUT2D eigenvalue weighted by Crippen LogP contribution is -2.45. The molecule has 0 unspecified atom stereocenters. The lowest BCUT2D eigenvalue weighted by atomic mass is 9.97. The molecule has 0 spiro atoms. The molecule has 0 aliphatic carbocycles. The minimum Gasteiger partial charge on any atom is -0.481 e. The quantitative estimate of drug-likeness (QED) is 0.884. The number of carboxylic acids is 1. The van der Waals surface area contributed by atoms with Crippen LogP contribution < -0.4 is 5.32 Å². The highest BCUT2D eigenvalue weighted by molar-refractivity contribution is 7.07. The zero-order chi connectivity index (χ0) is 13.7. The third-order valence-electron chi connectivity index (χ3n) is 3.40. The van der Waals surface area contributed by atoms with Gasteiger partial charge in [0.2, 0.25) is 0 Å². The lowest BCUT2D eigenvalue weighted by Gasteiger charge is -2.30. The first kappa shape index (κ1) is 13.9. The van der Waals surface area contributed by atoms with E-state index < -0.39 is 5.97 Å². The third-order valence-corrected chi connectivity index (χ3v) is 4.13. The van der Waals surface area contributed by atoms with Gasteiger partial charge in [-0.3, -0.25) is 4.79 Å². The number of hydrogen-bond donors (Lipinski definition) is 2. The number of carboxylic acid groups (broad SMARTS) is 1. The van der Waals surface area contributed by atoms with Crippen LogP contribution in [0.4, 0.5) is 4.79 Å². The average molecular weight is 282 g/mol. The molecule has 0 bridgehead atoms. The van der Waals surface area contributed by atoms with Crippen molar-refractivity contribution >= 4 is 23.3 Å². The van der Waals surface area contributed by atoms with Crippen LogP contribution in [0, 0.1) is 5.92 Å². The van der Waals surface area contributed by atoms with Crippen LogP contribution in [-0.2, 0) is 11.2 Å². The van der Waals surface area contributed by atoms with Crippen molar-refractivity contribution in [3.05, 3.63) is 22.4 Å². The Labute approximate surface area is 116 Å². The second-order valence-electron chi connectivity index (χ2n) is 4.71. The first-order valence-corrected chi connectivity index (χ1v) is 7.38. The van der Waals surface area contributed by atoms with E-state index in [0.29, 0.717) is 32.5 Å². The van der Waals surface area contributed by atoms with Gasteiger partial charge in [0.05, 0.1) is 5.92 Å². The molecule has 2 N–H and O–H groups in total. The molecule has 6 heteroatoms. The van der Waals surface area contributed by atoms with Gasteiger partial charge in [-0.05, 0) is 41.7 Å². The van der Waals surface area contributed by atoms with Gasteiger partial charge in [-0.1, -0.05) is 0 Å². The highest BCUT2D eigenvalue weighted by Gasteiger charge is 2.26. The lowest BCUT2D eigenvalue weighted by molar-refractivity contribution is -0.143. The van der Waals surface area contributed by atoms with E-state index >= 15 is 0 Å². The van der Waals surface area contributed by atoms with Gasteiger partial charge in [-0.25, -0.2) is 4.79 Å². The summed E-state index contributed by atoms with van der Waals surface area (Å²) < 4.78 is 0. The predicted molar refractivity (Wildman–Crippen MR) is 73.4 cm³/mol. The zero-order valence-corrected chi connectivity index (χ0v) is 11.5. The minimum atomic E-state index is -0.752. The Morgan fingerprint density at radius 3 is 2.74 bits per heavy atom. The molecule has 2 amide bonds. The molecule has 0 radical (unpaired) electrons. The van der Waals surface area contributed by atoms with E-state index in [4.69, 9.17) is 5.11 Å². The van der Waals surface area contributed by atoms with E-state index in [1.165, 1.54) is 5.56 Å². The number of carbonyl (C=O) groups is 2. The van der Waals surface area contributed by atoms with E-state index in [1.807, 2.05) is 5.38 Å². The Morgan fingerprint density at radius 1 is 1.42 bits per heavy atom. The third kappa shape index (κ3) is 3.96. The van der Waals surface area contributed by atoms with Crippen molar-refractivity contribution in [3.63, 3.8) is 0 Å². The maximum atomic E-state index is 11.9. The monoisotopic (exact) mass is 282 g/mol. The molecule has 1 aromatic rings. The molecular weight excluding hydrogens is 264 g/mol. The van der Waals surface area contributed by atoms with Crippen molar-refractivity contribution in [2.45, 2.75) is 19.3 Å². The fourth-order valence-electron chi connectivity index (χ4n) is 2.19. The molecule has 2 rings (SSSR count). The highest BCUT2D eigenvalue weighted by Crippen LogP contribution is 2.17. The predicted octanol–water partition coefficient (Wildman–Crippen LogP) is 1.80. The van der Waals surface area contributed by atoms with E-state index in [9.17, 15) is 9.59 Å². The number of hydrogen-bond acceptors (Lipinski definition) is 3. The fourth-order valence-corrected chi connectivity index (χ4v) is 2.89. The standard InChI is InChI=1S/C13H18N2O3S/c16-12(17)11-2-6-15(7-3-11)13(18)14-5-1-10-4-8-19-9-10/h4,8-9,11H,1-3,5-7H2,(H,14,18)(H,16,17). The SMILES string of the molecule is O=C(O)C1CCN(C(=O)NCCc2ccsc2)CC1. The molecule has 1 fully saturated rings. The second-order valence-corrected chi connectivity index (χ2v) is 5.49. The number of piperidine rings is 1. The van der Waals surface area contributed by atoms with Crippen LogP contribution in [0.5, 0.6) is 0 Å². The van der Waals surface area contributed by atoms with Crippen LogP contribution in [0.1, 0.15) is 18.4 Å². The van der Waals surface area contributed by atoms with Crippen LogP contribution >= 0.6 is 11.3 Å². The number of aliphatic carboxylic acids is 1. The van der Waals surface area contributed by atoms with E-state index in [0.717, 1.165) is 6.42 Å². The van der Waals surface area contributed by atoms with Gasteiger partial charge < -0.3 is 15.3 Å². The Morgan fingerprint density at radius 2 is 2.16 bits per heavy atom. The number of amides is 2. The van der Waals surface area contributed by atoms with Crippen molar-refractivity contribution in [2.75, 3.05) is 19.6 Å². The molecule has 0 atom stereocenters. The molecule has 19 heavy (non-hydrogen) atoms. The van der Waals surface area contributed by atoms with Gasteiger partial charge in [-0.2, -0.15) is 11.3 Å². The van der Waals surface area contributed by atoms with Gasteiger partial charge >= 0.3 is 12.0 Å². The first-order valence-electron chi connectivity index (χ1n) is 6.43. The summed E-state index contributed by atoms with van der Waals surface area (Å²) in [5, 5.41) is 15.9. The number of nitrogens with zero attached hydrogens (tertiary/aromatic N) is 1. The Bertz CT molecular complexity index is 425. The van der Waals surface area contributed by atoms with Crippen LogP contribution in [0.3, 0.4) is 0 Å². The summed E-state index contributed by atoms with van der Waals surface area (Å²) in [5.41, 5.74) is 1.23. The van der Waals surface area contributed by atoms with Crippen molar-refractivity contribution in [1.82, 2.24) is 10.2 Å². The summed E-state index contributed by atoms with van der Waals surface area (Å²) in [7, 11) is 0. The van der Waals surface area contributed by atoms with Gasteiger partial charge in [0, 0.05) is 19.6 Å². The number of rotatable bonds is 4. The smallest absolute Gasteiger partial charge is 0.317 e. The fraction of sp³-hybridized carbons (Fsp3) is 0.538. The molecule has 1 aromatic heterocycles. The van der Waals surface area contributed by atoms with Gasteiger partial charge in [0.15, 0.2) is 0 Å². The average Bonchev–Trinajstić information content (AvgIpc) is 2.92. The maximum absolute atomic E-state index is 11.9. The molecule has 0 saturated carbocycles. The van der Waals surface area contributed by atoms with Gasteiger partial charge in [0.1, 0.15) is 0 Å². The van der Waals surface area contributed by atoms with Gasteiger partial charge in [0.25, 0.3) is 0 Å². The largest absolute Gasteiger partial charge is 0.481 e. The number of urea groups is 1. The molecule has 5 nitrogen and oxygen atoms in total. The summed E-state index contributed by atoms with van der Waals surface area (Å²) in [5.74, 6) is -1.05. The highest BCUT2D eigenvalue weighted by atomic mass is 32.1. The summed E-state index contributed by atoms with van der Waals surface area (Å²) in [6.07, 6.45) is 1.93. The number of likely N-dealkylation sites (tertiary alicyclic amines) is 1. The normalized spacial score (nSPS) is 16.3. The van der Waals surface area contributed by atoms with Crippen LogP contribution in [0.25, 0.3) is 0 Å². The molecule has 1 aliphatic heterocycles. The first-order chi connectivity index (χ1) is 9.16. The zero-order valence-electron chi connectivity index (χ0n) is 10.7. The second kappa shape index (κ2) is 6.56. The molecule has 104 valence electrons. The summed E-state index contributed by atoms with van der Waals surface area (Å²) in [6, 6.07) is 1.97. The summed E-state index contributed by atoms with van der Waals surface area (Å²) in [4.78, 5) is 24.4. The topological polar surface area (TPSA) is 69.6 Å². The Kier molecular flexibility index (Phi) is 4.79. The van der Waals surface area contributed by atoms with Crippen LogP contribution in [0.2, 0.25) is 0 Å². The minimum absolute atomic E-state index is 0.0842. The Balaban J connectivity index is 1.68. The van der Waals surface area contributed by atoms with E-state index in [-0.39, 0.29) is 11.9 Å². The van der Waals surface area contributed by atoms with E-state index in [2.05, 4.69) is 16.8 Å². The maximum Gasteiger partial charge on any atom is 0.317 e. The molecule has 0 aromatic carbocycles. The molecule has 2 heterocycles. The molecule has 1 saturated heterocycles. The summed E-state index contributed by atoms with van der Waals surface area (Å²) >= 11 is 1.65. The summed E-state index contributed by atoms with van der Waals surface area (Å²) in [6.45, 7) is 1.68. The number of thiophene rings is 1.